The van der Waals surface area contributed by atoms with Crippen LogP contribution in [-0.2, 0) is 9.59 Å². The molecule has 3 heterocycles. The van der Waals surface area contributed by atoms with Crippen LogP contribution in [0.3, 0.4) is 0 Å². The summed E-state index contributed by atoms with van der Waals surface area (Å²) in [7, 11) is 0. The molecule has 1 aromatic heterocycles. The van der Waals surface area contributed by atoms with E-state index in [1.807, 2.05) is 36.1 Å². The van der Waals surface area contributed by atoms with E-state index in [0.29, 0.717) is 49.6 Å². The molecule has 0 bridgehead atoms. The van der Waals surface area contributed by atoms with Crippen LogP contribution in [0.15, 0.2) is 30.6 Å². The van der Waals surface area contributed by atoms with Gasteiger partial charge in [-0.25, -0.2) is 9.97 Å². The van der Waals surface area contributed by atoms with Gasteiger partial charge in [-0.05, 0) is 37.5 Å². The van der Waals surface area contributed by atoms with Gasteiger partial charge in [-0.1, -0.05) is 23.7 Å². The number of rotatable bonds is 6. The Morgan fingerprint density at radius 2 is 1.91 bits per heavy atom. The van der Waals surface area contributed by atoms with Crippen molar-refractivity contribution in [1.82, 2.24) is 20.2 Å². The third-order valence-electron chi connectivity index (χ3n) is 6.58. The first-order valence-electron chi connectivity index (χ1n) is 11.2. The number of nitrogens with one attached hydrogen (secondary N) is 2. The standard InChI is InChI=1S/C23H27ClN6O2/c1-14-19-20(28-22(14)31)26-13-27-21(19)29-8-10-30(11-9-29)23(32)18(12-25-17-6-7-17)15-2-4-16(24)5-3-15/h2-5,13-14,17-18,25H,6-12H2,1H3,(H,26,27,28,31)/t14?,18-/m1/s1. The Bertz CT molecular complexity index is 1020. The molecular weight excluding hydrogens is 428 g/mol. The minimum Gasteiger partial charge on any atom is -0.353 e. The van der Waals surface area contributed by atoms with Crippen molar-refractivity contribution < 1.29 is 9.59 Å². The van der Waals surface area contributed by atoms with Gasteiger partial charge in [0.05, 0.1) is 11.8 Å². The van der Waals surface area contributed by atoms with Gasteiger partial charge in [0.25, 0.3) is 0 Å². The molecule has 2 aromatic rings. The lowest BCUT2D eigenvalue weighted by Crippen LogP contribution is -2.51. The lowest BCUT2D eigenvalue weighted by molar-refractivity contribution is -0.133. The first kappa shape index (κ1) is 21.2. The van der Waals surface area contributed by atoms with Gasteiger partial charge in [-0.15, -0.1) is 0 Å². The first-order chi connectivity index (χ1) is 15.5. The van der Waals surface area contributed by atoms with Gasteiger partial charge < -0.3 is 20.4 Å². The first-order valence-corrected chi connectivity index (χ1v) is 11.6. The average molecular weight is 455 g/mol. The number of benzene rings is 1. The summed E-state index contributed by atoms with van der Waals surface area (Å²) in [6.45, 7) is 5.06. The van der Waals surface area contributed by atoms with Crippen molar-refractivity contribution in [1.29, 1.82) is 0 Å². The molecule has 2 aliphatic heterocycles. The third-order valence-corrected chi connectivity index (χ3v) is 6.83. The normalized spacial score (nSPS) is 21.3. The van der Waals surface area contributed by atoms with E-state index >= 15 is 0 Å². The molecule has 1 aromatic carbocycles. The quantitative estimate of drug-likeness (QED) is 0.696. The van der Waals surface area contributed by atoms with Crippen molar-refractivity contribution in [3.8, 4) is 0 Å². The van der Waals surface area contributed by atoms with E-state index in [0.717, 1.165) is 16.9 Å². The molecule has 5 rings (SSSR count). The molecule has 2 N–H and O–H groups in total. The van der Waals surface area contributed by atoms with E-state index in [1.165, 1.54) is 19.2 Å². The molecule has 3 aliphatic rings. The maximum Gasteiger partial charge on any atom is 0.233 e. The lowest BCUT2D eigenvalue weighted by Gasteiger charge is -2.37. The maximum absolute atomic E-state index is 13.5. The van der Waals surface area contributed by atoms with Crippen LogP contribution in [0.5, 0.6) is 0 Å². The van der Waals surface area contributed by atoms with Gasteiger partial charge in [0.15, 0.2) is 0 Å². The van der Waals surface area contributed by atoms with Gasteiger partial charge in [0.2, 0.25) is 11.8 Å². The minimum absolute atomic E-state index is 0.0514. The Morgan fingerprint density at radius 1 is 1.19 bits per heavy atom. The van der Waals surface area contributed by atoms with E-state index in [1.54, 1.807) is 0 Å². The van der Waals surface area contributed by atoms with Gasteiger partial charge in [-0.3, -0.25) is 9.59 Å². The zero-order valence-electron chi connectivity index (χ0n) is 18.1. The molecule has 1 saturated carbocycles. The number of hydrogen-bond acceptors (Lipinski definition) is 6. The predicted octanol–water partition coefficient (Wildman–Crippen LogP) is 2.37. The highest BCUT2D eigenvalue weighted by molar-refractivity contribution is 6.30. The van der Waals surface area contributed by atoms with E-state index < -0.39 is 0 Å². The van der Waals surface area contributed by atoms with Crippen LogP contribution in [0.1, 0.15) is 42.7 Å². The van der Waals surface area contributed by atoms with Gasteiger partial charge in [0.1, 0.15) is 18.0 Å². The van der Waals surface area contributed by atoms with Gasteiger partial charge >= 0.3 is 0 Å². The van der Waals surface area contributed by atoms with Crippen molar-refractivity contribution in [3.05, 3.63) is 46.7 Å². The fourth-order valence-corrected chi connectivity index (χ4v) is 4.59. The number of halogens is 1. The van der Waals surface area contributed by atoms with E-state index in [2.05, 4.69) is 25.5 Å². The number of carbonyl (C=O) groups excluding carboxylic acids is 2. The fraction of sp³-hybridized carbons (Fsp3) is 0.478. The highest BCUT2D eigenvalue weighted by Crippen LogP contribution is 2.37. The Labute approximate surface area is 192 Å². The summed E-state index contributed by atoms with van der Waals surface area (Å²) in [4.78, 5) is 38.4. The number of fused-ring (bicyclic) bond motifs is 1. The number of piperazine rings is 1. The molecular formula is C23H27ClN6O2. The molecule has 8 nitrogen and oxygen atoms in total. The average Bonchev–Trinajstić information content (AvgIpc) is 3.59. The van der Waals surface area contributed by atoms with Gasteiger partial charge in [-0.2, -0.15) is 0 Å². The van der Waals surface area contributed by atoms with Gasteiger partial charge in [0, 0.05) is 49.4 Å². The second kappa shape index (κ2) is 8.67. The van der Waals surface area contributed by atoms with Crippen LogP contribution >= 0.6 is 11.6 Å². The molecule has 2 amide bonds. The van der Waals surface area contributed by atoms with E-state index in [9.17, 15) is 9.59 Å². The topological polar surface area (TPSA) is 90.5 Å². The Balaban J connectivity index is 1.29. The summed E-state index contributed by atoms with van der Waals surface area (Å²) in [5.41, 5.74) is 1.84. The molecule has 1 saturated heterocycles. The summed E-state index contributed by atoms with van der Waals surface area (Å²) in [6, 6.07) is 8.13. The smallest absolute Gasteiger partial charge is 0.233 e. The summed E-state index contributed by atoms with van der Waals surface area (Å²) >= 11 is 6.06. The van der Waals surface area contributed by atoms with E-state index in [4.69, 9.17) is 11.6 Å². The van der Waals surface area contributed by atoms with Crippen LogP contribution in [0.2, 0.25) is 5.02 Å². The zero-order chi connectivity index (χ0) is 22.2. The monoisotopic (exact) mass is 454 g/mol. The highest BCUT2D eigenvalue weighted by atomic mass is 35.5. The Kier molecular flexibility index (Phi) is 5.73. The second-order valence-electron chi connectivity index (χ2n) is 8.77. The van der Waals surface area contributed by atoms with Crippen LogP contribution in [0, 0.1) is 0 Å². The summed E-state index contributed by atoms with van der Waals surface area (Å²) in [5, 5.41) is 7.01. The Morgan fingerprint density at radius 3 is 2.59 bits per heavy atom. The molecule has 32 heavy (non-hydrogen) atoms. The van der Waals surface area contributed by atoms with Crippen LogP contribution in [-0.4, -0.2) is 65.4 Å². The summed E-state index contributed by atoms with van der Waals surface area (Å²) < 4.78 is 0. The molecule has 2 fully saturated rings. The second-order valence-corrected chi connectivity index (χ2v) is 9.21. The number of carbonyl (C=O) groups is 2. The molecule has 1 unspecified atom stereocenters. The molecule has 0 radical (unpaired) electrons. The SMILES string of the molecule is CC1C(=O)Nc2ncnc(N3CCN(C(=O)[C@H](CNC4CC4)c4ccc(Cl)cc4)CC3)c21. The maximum atomic E-state index is 13.5. The van der Waals surface area contributed by atoms with Crippen LogP contribution < -0.4 is 15.5 Å². The highest BCUT2D eigenvalue weighted by Gasteiger charge is 2.35. The van der Waals surface area contributed by atoms with Crippen LogP contribution in [0.25, 0.3) is 0 Å². The van der Waals surface area contributed by atoms with Crippen molar-refractivity contribution in [2.45, 2.75) is 37.6 Å². The van der Waals surface area contributed by atoms with E-state index in [-0.39, 0.29) is 23.7 Å². The van der Waals surface area contributed by atoms with Crippen molar-refractivity contribution in [3.63, 3.8) is 0 Å². The molecule has 168 valence electrons. The molecule has 2 atom stereocenters. The molecule has 1 aliphatic carbocycles. The lowest BCUT2D eigenvalue weighted by atomic mass is 9.97. The number of hydrogen-bond donors (Lipinski definition) is 2. The summed E-state index contributed by atoms with van der Waals surface area (Å²) in [5.74, 6) is 0.966. The van der Waals surface area contributed by atoms with Crippen molar-refractivity contribution in [2.24, 2.45) is 0 Å². The largest absolute Gasteiger partial charge is 0.353 e. The predicted molar refractivity (Wildman–Crippen MR) is 123 cm³/mol. The fourth-order valence-electron chi connectivity index (χ4n) is 4.47. The number of aromatic nitrogens is 2. The number of anilines is 2. The zero-order valence-corrected chi connectivity index (χ0v) is 18.8. The van der Waals surface area contributed by atoms with Crippen molar-refractivity contribution >= 4 is 35.1 Å². The van der Waals surface area contributed by atoms with Crippen LogP contribution in [0.4, 0.5) is 11.6 Å². The molecule has 0 spiro atoms. The molecule has 9 heteroatoms. The van der Waals surface area contributed by atoms with Crippen molar-refractivity contribution in [2.75, 3.05) is 42.9 Å². The Hall–Kier alpha value is -2.71. The number of amides is 2. The minimum atomic E-state index is -0.274. The number of nitrogens with zero attached hydrogens (tertiary/aromatic N) is 4. The third kappa shape index (κ3) is 4.17. The summed E-state index contributed by atoms with van der Waals surface area (Å²) in [6.07, 6.45) is 3.85.